The normalized spacial score (nSPS) is 19.1. The molecular formula is C29H32FN3O2S. The summed E-state index contributed by atoms with van der Waals surface area (Å²) in [6.45, 7) is 7.12. The largest absolute Gasteiger partial charge is 0.339 e. The lowest BCUT2D eigenvalue weighted by Crippen LogP contribution is -2.56. The SMILES string of the molecule is Cc1ccccc1[C@@H]1c2ccsc2CCN1[C@@H](C)C(=O)N1CCN(C(=O)Cc2ccc(F)cc2)CC1. The smallest absolute Gasteiger partial charge is 0.239 e. The van der Waals surface area contributed by atoms with Gasteiger partial charge >= 0.3 is 0 Å². The molecule has 2 aliphatic heterocycles. The van der Waals surface area contributed by atoms with E-state index in [-0.39, 0.29) is 36.1 Å². The zero-order valence-corrected chi connectivity index (χ0v) is 21.6. The molecule has 2 atom stereocenters. The summed E-state index contributed by atoms with van der Waals surface area (Å²) >= 11 is 1.81. The standard InChI is InChI=1S/C29H32FN3O2S/c1-20-5-3-4-6-24(20)28-25-12-18-36-26(25)11-13-33(28)21(2)29(35)32-16-14-31(15-17-32)27(34)19-22-7-9-23(30)10-8-22/h3-10,12,18,21,28H,11,13-17,19H2,1-2H3/t21-,28+/m0/s1. The third-order valence-corrected chi connectivity index (χ3v) is 8.55. The zero-order chi connectivity index (χ0) is 25.2. The predicted molar refractivity (Wildman–Crippen MR) is 140 cm³/mol. The van der Waals surface area contributed by atoms with Crippen LogP contribution in [0, 0.1) is 12.7 Å². The number of hydrogen-bond donors (Lipinski definition) is 0. The van der Waals surface area contributed by atoms with Crippen molar-refractivity contribution < 1.29 is 14.0 Å². The fourth-order valence-corrected chi connectivity index (χ4v) is 6.37. The minimum absolute atomic E-state index is 0.0161. The molecule has 36 heavy (non-hydrogen) atoms. The minimum atomic E-state index is -0.305. The molecule has 2 amide bonds. The summed E-state index contributed by atoms with van der Waals surface area (Å²) in [5.74, 6) is -0.165. The van der Waals surface area contributed by atoms with E-state index < -0.39 is 0 Å². The first-order chi connectivity index (χ1) is 17.4. The van der Waals surface area contributed by atoms with Crippen LogP contribution in [0.4, 0.5) is 4.39 Å². The maximum absolute atomic E-state index is 13.7. The zero-order valence-electron chi connectivity index (χ0n) is 20.8. The number of carbonyl (C=O) groups is 2. The Balaban J connectivity index is 1.25. The molecule has 0 bridgehead atoms. The van der Waals surface area contributed by atoms with Crippen molar-refractivity contribution in [2.75, 3.05) is 32.7 Å². The minimum Gasteiger partial charge on any atom is -0.339 e. The topological polar surface area (TPSA) is 43.9 Å². The van der Waals surface area contributed by atoms with Crippen molar-refractivity contribution in [1.29, 1.82) is 0 Å². The maximum atomic E-state index is 13.7. The number of nitrogens with zero attached hydrogens (tertiary/aromatic N) is 3. The molecule has 1 saturated heterocycles. The summed E-state index contributed by atoms with van der Waals surface area (Å²) in [6.07, 6.45) is 1.21. The number of carbonyl (C=O) groups excluding carboxylic acids is 2. The molecule has 188 valence electrons. The first-order valence-corrected chi connectivity index (χ1v) is 13.5. The molecule has 0 aliphatic carbocycles. The van der Waals surface area contributed by atoms with Crippen molar-refractivity contribution in [2.45, 2.75) is 38.8 Å². The summed E-state index contributed by atoms with van der Waals surface area (Å²) in [5.41, 5.74) is 4.61. The fourth-order valence-electron chi connectivity index (χ4n) is 5.46. The Hall–Kier alpha value is -3.03. The van der Waals surface area contributed by atoms with Gasteiger partial charge < -0.3 is 9.80 Å². The fraction of sp³-hybridized carbons (Fsp3) is 0.379. The molecule has 0 radical (unpaired) electrons. The molecule has 0 spiro atoms. The van der Waals surface area contributed by atoms with Crippen LogP contribution in [0.1, 0.15) is 40.1 Å². The second-order valence-corrected chi connectivity index (χ2v) is 10.7. The van der Waals surface area contributed by atoms with Gasteiger partial charge in [-0.15, -0.1) is 11.3 Å². The highest BCUT2D eigenvalue weighted by Gasteiger charge is 2.37. The van der Waals surface area contributed by atoms with Crippen LogP contribution in [-0.4, -0.2) is 65.3 Å². The average molecular weight is 506 g/mol. The molecule has 2 aliphatic rings. The van der Waals surface area contributed by atoms with Gasteiger partial charge in [-0.1, -0.05) is 36.4 Å². The van der Waals surface area contributed by atoms with E-state index >= 15 is 0 Å². The first-order valence-electron chi connectivity index (χ1n) is 12.6. The molecule has 5 nitrogen and oxygen atoms in total. The van der Waals surface area contributed by atoms with Gasteiger partial charge in [0.05, 0.1) is 18.5 Å². The third-order valence-electron chi connectivity index (χ3n) is 7.55. The van der Waals surface area contributed by atoms with Gasteiger partial charge in [0.1, 0.15) is 5.82 Å². The number of rotatable bonds is 5. The van der Waals surface area contributed by atoms with Crippen LogP contribution in [0.15, 0.2) is 60.0 Å². The Labute approximate surface area is 216 Å². The van der Waals surface area contributed by atoms with E-state index in [1.54, 1.807) is 23.5 Å². The third kappa shape index (κ3) is 4.95. The van der Waals surface area contributed by atoms with Crippen molar-refractivity contribution in [3.8, 4) is 0 Å². The number of amides is 2. The van der Waals surface area contributed by atoms with E-state index in [9.17, 15) is 14.0 Å². The molecule has 0 unspecified atom stereocenters. The molecule has 1 fully saturated rings. The molecule has 7 heteroatoms. The number of hydrogen-bond acceptors (Lipinski definition) is 4. The van der Waals surface area contributed by atoms with Crippen LogP contribution in [0.2, 0.25) is 0 Å². The molecule has 3 heterocycles. The van der Waals surface area contributed by atoms with Crippen LogP contribution in [0.3, 0.4) is 0 Å². The van der Waals surface area contributed by atoms with E-state index in [1.807, 2.05) is 16.7 Å². The number of thiophene rings is 1. The quantitative estimate of drug-likeness (QED) is 0.515. The van der Waals surface area contributed by atoms with Gasteiger partial charge in [-0.25, -0.2) is 4.39 Å². The number of piperazine rings is 1. The predicted octanol–water partition coefficient (Wildman–Crippen LogP) is 4.45. The molecule has 0 saturated carbocycles. The molecule has 0 N–H and O–H groups in total. The van der Waals surface area contributed by atoms with Crippen molar-refractivity contribution in [3.05, 3.63) is 92.9 Å². The van der Waals surface area contributed by atoms with Crippen molar-refractivity contribution >= 4 is 23.2 Å². The van der Waals surface area contributed by atoms with Crippen LogP contribution < -0.4 is 0 Å². The average Bonchev–Trinajstić information content (AvgIpc) is 3.38. The summed E-state index contributed by atoms with van der Waals surface area (Å²) in [7, 11) is 0. The summed E-state index contributed by atoms with van der Waals surface area (Å²) in [6, 6.07) is 16.5. The highest BCUT2D eigenvalue weighted by atomic mass is 32.1. The molecule has 3 aromatic rings. The molecule has 1 aromatic heterocycles. The maximum Gasteiger partial charge on any atom is 0.239 e. The lowest BCUT2D eigenvalue weighted by Gasteiger charge is -2.43. The summed E-state index contributed by atoms with van der Waals surface area (Å²) in [4.78, 5) is 33.9. The highest BCUT2D eigenvalue weighted by Crippen LogP contribution is 2.40. The Morgan fingerprint density at radius 1 is 0.944 bits per heavy atom. The van der Waals surface area contributed by atoms with E-state index in [0.29, 0.717) is 26.2 Å². The lowest BCUT2D eigenvalue weighted by atomic mass is 9.89. The lowest BCUT2D eigenvalue weighted by molar-refractivity contribution is -0.143. The van der Waals surface area contributed by atoms with Crippen LogP contribution >= 0.6 is 11.3 Å². The number of benzene rings is 2. The summed E-state index contributed by atoms with van der Waals surface area (Å²) < 4.78 is 13.2. The van der Waals surface area contributed by atoms with Gasteiger partial charge in [-0.3, -0.25) is 14.5 Å². The van der Waals surface area contributed by atoms with Crippen LogP contribution in [0.5, 0.6) is 0 Å². The molecular weight excluding hydrogens is 473 g/mol. The van der Waals surface area contributed by atoms with Gasteiger partial charge in [0.15, 0.2) is 0 Å². The molecule has 5 rings (SSSR count). The number of aryl methyl sites for hydroxylation is 1. The van der Waals surface area contributed by atoms with Gasteiger partial charge in [0, 0.05) is 37.6 Å². The van der Waals surface area contributed by atoms with Gasteiger partial charge in [0.25, 0.3) is 0 Å². The Morgan fingerprint density at radius 2 is 1.64 bits per heavy atom. The van der Waals surface area contributed by atoms with Crippen molar-refractivity contribution in [2.24, 2.45) is 0 Å². The van der Waals surface area contributed by atoms with E-state index in [2.05, 4.69) is 47.5 Å². The second-order valence-electron chi connectivity index (χ2n) is 9.73. The Morgan fingerprint density at radius 3 is 2.36 bits per heavy atom. The Bertz CT molecular complexity index is 1230. The first kappa shape index (κ1) is 24.7. The van der Waals surface area contributed by atoms with Gasteiger partial charge in [-0.05, 0) is 66.1 Å². The van der Waals surface area contributed by atoms with E-state index in [0.717, 1.165) is 18.5 Å². The number of halogens is 1. The Kier molecular flexibility index (Phi) is 7.21. The van der Waals surface area contributed by atoms with Gasteiger partial charge in [-0.2, -0.15) is 0 Å². The second kappa shape index (κ2) is 10.5. The number of fused-ring (bicyclic) bond motifs is 1. The van der Waals surface area contributed by atoms with Gasteiger partial charge in [0.2, 0.25) is 11.8 Å². The van der Waals surface area contributed by atoms with E-state index in [4.69, 9.17) is 0 Å². The van der Waals surface area contributed by atoms with Crippen molar-refractivity contribution in [1.82, 2.24) is 14.7 Å². The molecule has 2 aromatic carbocycles. The van der Waals surface area contributed by atoms with Crippen LogP contribution in [0.25, 0.3) is 0 Å². The van der Waals surface area contributed by atoms with Crippen LogP contribution in [-0.2, 0) is 22.4 Å². The summed E-state index contributed by atoms with van der Waals surface area (Å²) in [5, 5.41) is 2.16. The van der Waals surface area contributed by atoms with E-state index in [1.165, 1.54) is 33.7 Å². The van der Waals surface area contributed by atoms with Crippen molar-refractivity contribution in [3.63, 3.8) is 0 Å². The monoisotopic (exact) mass is 505 g/mol. The highest BCUT2D eigenvalue weighted by molar-refractivity contribution is 7.10.